The summed E-state index contributed by atoms with van der Waals surface area (Å²) in [6, 6.07) is 0. The van der Waals surface area contributed by atoms with Crippen molar-refractivity contribution in [3.8, 4) is 12.3 Å². The molecule has 0 heterocycles. The predicted octanol–water partition coefficient (Wildman–Crippen LogP) is 5.60. The number of hydrogen-bond donors (Lipinski definition) is 0. The second-order valence-corrected chi connectivity index (χ2v) is 10.2. The molecule has 4 rings (SSSR count). The van der Waals surface area contributed by atoms with Crippen LogP contribution in [0, 0.1) is 35.5 Å². The largest absolute Gasteiger partial charge is 0.510 e. The first-order valence-electron chi connectivity index (χ1n) is 11.4. The van der Waals surface area contributed by atoms with E-state index >= 15 is 0 Å². The standard InChI is InChI=1S/C25H34O4/c1-5-16(3)28-23(27)29-25(6-2)14-22-21-9-7-17-13-18(26)8-10-19(17)20(21)11-12-24(22,4)15-25/h2,16,20-22H,5,7-15H2,1,3-4H3. The molecule has 0 amide bonds. The first-order chi connectivity index (χ1) is 13.8. The zero-order valence-corrected chi connectivity index (χ0v) is 18.1. The van der Waals surface area contributed by atoms with Crippen LogP contribution < -0.4 is 0 Å². The zero-order valence-electron chi connectivity index (χ0n) is 18.1. The van der Waals surface area contributed by atoms with Gasteiger partial charge in [-0.2, -0.15) is 0 Å². The topological polar surface area (TPSA) is 52.6 Å². The molecule has 0 aromatic heterocycles. The minimum absolute atomic E-state index is 0.104. The molecule has 4 nitrogen and oxygen atoms in total. The number of hydrogen-bond acceptors (Lipinski definition) is 4. The molecule has 0 N–H and O–H groups in total. The van der Waals surface area contributed by atoms with E-state index in [-0.39, 0.29) is 11.5 Å². The molecule has 158 valence electrons. The molecule has 0 saturated heterocycles. The van der Waals surface area contributed by atoms with Gasteiger partial charge in [-0.05, 0) is 68.6 Å². The van der Waals surface area contributed by atoms with Gasteiger partial charge in [0.05, 0.1) is 0 Å². The number of ether oxygens (including phenoxy) is 2. The van der Waals surface area contributed by atoms with Crippen LogP contribution >= 0.6 is 0 Å². The van der Waals surface area contributed by atoms with Crippen molar-refractivity contribution in [1.29, 1.82) is 0 Å². The van der Waals surface area contributed by atoms with E-state index in [9.17, 15) is 9.59 Å². The number of carbonyl (C=O) groups is 2. The normalized spacial score (nSPS) is 39.7. The van der Waals surface area contributed by atoms with Crippen LogP contribution in [0.15, 0.2) is 11.1 Å². The molecular formula is C25H34O4. The zero-order chi connectivity index (χ0) is 20.8. The molecular weight excluding hydrogens is 364 g/mol. The lowest BCUT2D eigenvalue weighted by molar-refractivity contribution is -0.119. The van der Waals surface area contributed by atoms with Gasteiger partial charge >= 0.3 is 6.16 Å². The van der Waals surface area contributed by atoms with Gasteiger partial charge in [0, 0.05) is 25.7 Å². The molecule has 29 heavy (non-hydrogen) atoms. The fourth-order valence-corrected chi connectivity index (χ4v) is 6.79. The van der Waals surface area contributed by atoms with Crippen LogP contribution in [-0.4, -0.2) is 23.6 Å². The van der Waals surface area contributed by atoms with Crippen LogP contribution in [0.2, 0.25) is 0 Å². The summed E-state index contributed by atoms with van der Waals surface area (Å²) >= 11 is 0. The van der Waals surface area contributed by atoms with E-state index in [4.69, 9.17) is 15.9 Å². The van der Waals surface area contributed by atoms with E-state index in [0.29, 0.717) is 36.4 Å². The molecule has 4 aliphatic carbocycles. The van der Waals surface area contributed by atoms with Gasteiger partial charge in [0.15, 0.2) is 5.60 Å². The molecule has 6 atom stereocenters. The maximum atomic E-state index is 12.4. The summed E-state index contributed by atoms with van der Waals surface area (Å²) in [5.41, 5.74) is 2.27. The Hall–Kier alpha value is -1.76. The summed E-state index contributed by atoms with van der Waals surface area (Å²) in [6.07, 6.45) is 14.2. The Labute approximate surface area is 174 Å². The number of allylic oxidation sites excluding steroid dienone is 2. The summed E-state index contributed by atoms with van der Waals surface area (Å²) in [5, 5.41) is 0. The fourth-order valence-electron chi connectivity index (χ4n) is 6.79. The van der Waals surface area contributed by atoms with Crippen molar-refractivity contribution in [2.75, 3.05) is 0 Å². The summed E-state index contributed by atoms with van der Waals surface area (Å²) < 4.78 is 11.2. The third-order valence-corrected chi connectivity index (χ3v) is 8.37. The van der Waals surface area contributed by atoms with Crippen molar-refractivity contribution in [2.45, 2.75) is 96.7 Å². The molecule has 4 aliphatic rings. The smallest absolute Gasteiger partial charge is 0.431 e. The second kappa shape index (κ2) is 7.49. The molecule has 2 fully saturated rings. The van der Waals surface area contributed by atoms with Crippen molar-refractivity contribution in [3.05, 3.63) is 11.1 Å². The molecule has 0 radical (unpaired) electrons. The monoisotopic (exact) mass is 398 g/mol. The van der Waals surface area contributed by atoms with Crippen molar-refractivity contribution >= 4 is 11.9 Å². The first-order valence-corrected chi connectivity index (χ1v) is 11.4. The average molecular weight is 399 g/mol. The molecule has 0 aromatic carbocycles. The lowest BCUT2D eigenvalue weighted by Crippen LogP contribution is -2.41. The Kier molecular flexibility index (Phi) is 5.30. The number of terminal acetylenes is 1. The van der Waals surface area contributed by atoms with Gasteiger partial charge in [0.25, 0.3) is 0 Å². The van der Waals surface area contributed by atoms with E-state index in [1.165, 1.54) is 12.0 Å². The molecule has 0 aromatic rings. The second-order valence-electron chi connectivity index (χ2n) is 10.2. The average Bonchev–Trinajstić information content (AvgIpc) is 2.99. The molecule has 2 saturated carbocycles. The maximum Gasteiger partial charge on any atom is 0.510 e. The number of carbonyl (C=O) groups excluding carboxylic acids is 2. The summed E-state index contributed by atoms with van der Waals surface area (Å²) in [6.45, 7) is 6.18. The highest BCUT2D eigenvalue weighted by Crippen LogP contribution is 2.63. The lowest BCUT2D eigenvalue weighted by Gasteiger charge is -2.50. The van der Waals surface area contributed by atoms with Crippen LogP contribution in [0.1, 0.15) is 85.0 Å². The lowest BCUT2D eigenvalue weighted by atomic mass is 9.54. The van der Waals surface area contributed by atoms with Crippen LogP contribution in [0.25, 0.3) is 0 Å². The third-order valence-electron chi connectivity index (χ3n) is 8.37. The predicted molar refractivity (Wildman–Crippen MR) is 111 cm³/mol. The van der Waals surface area contributed by atoms with E-state index in [1.54, 1.807) is 5.57 Å². The Bertz CT molecular complexity index is 774. The van der Waals surface area contributed by atoms with Crippen LogP contribution in [0.5, 0.6) is 0 Å². The van der Waals surface area contributed by atoms with Crippen molar-refractivity contribution in [3.63, 3.8) is 0 Å². The highest BCUT2D eigenvalue weighted by molar-refractivity contribution is 5.82. The van der Waals surface area contributed by atoms with E-state index < -0.39 is 11.8 Å². The molecule has 0 aliphatic heterocycles. The summed E-state index contributed by atoms with van der Waals surface area (Å²) in [7, 11) is 0. The summed E-state index contributed by atoms with van der Waals surface area (Å²) in [5.74, 6) is 4.90. The van der Waals surface area contributed by atoms with E-state index in [0.717, 1.165) is 44.9 Å². The maximum absolute atomic E-state index is 12.4. The highest BCUT2D eigenvalue weighted by atomic mass is 16.7. The highest BCUT2D eigenvalue weighted by Gasteiger charge is 2.59. The minimum Gasteiger partial charge on any atom is -0.431 e. The summed E-state index contributed by atoms with van der Waals surface area (Å²) in [4.78, 5) is 24.3. The Morgan fingerprint density at radius 3 is 2.83 bits per heavy atom. The van der Waals surface area contributed by atoms with Crippen LogP contribution in [0.3, 0.4) is 0 Å². The molecule has 6 unspecified atom stereocenters. The SMILES string of the molecule is C#CC1(OC(=O)OC(C)CC)CC2C3CCC4=C(CCC(=O)C4)C3CCC2(C)C1. The van der Waals surface area contributed by atoms with Crippen molar-refractivity contribution < 1.29 is 19.1 Å². The minimum atomic E-state index is -0.851. The van der Waals surface area contributed by atoms with Crippen LogP contribution in [-0.2, 0) is 14.3 Å². The van der Waals surface area contributed by atoms with Crippen molar-refractivity contribution in [2.24, 2.45) is 23.2 Å². The first kappa shape index (κ1) is 20.5. The van der Waals surface area contributed by atoms with Gasteiger partial charge < -0.3 is 9.47 Å². The van der Waals surface area contributed by atoms with Gasteiger partial charge in [0.2, 0.25) is 0 Å². The Morgan fingerprint density at radius 2 is 2.10 bits per heavy atom. The Balaban J connectivity index is 1.54. The molecule has 0 spiro atoms. The fraction of sp³-hybridized carbons (Fsp3) is 0.760. The third kappa shape index (κ3) is 3.62. The molecule has 4 heteroatoms. The van der Waals surface area contributed by atoms with Crippen molar-refractivity contribution in [1.82, 2.24) is 0 Å². The van der Waals surface area contributed by atoms with Gasteiger partial charge in [-0.1, -0.05) is 30.9 Å². The number of fused-ring (bicyclic) bond motifs is 4. The van der Waals surface area contributed by atoms with Crippen LogP contribution in [0.4, 0.5) is 4.79 Å². The van der Waals surface area contributed by atoms with Gasteiger partial charge in [-0.3, -0.25) is 4.79 Å². The van der Waals surface area contributed by atoms with E-state index in [1.807, 2.05) is 13.8 Å². The molecule has 0 bridgehead atoms. The number of ketones is 1. The van der Waals surface area contributed by atoms with Gasteiger partial charge in [-0.15, -0.1) is 6.42 Å². The number of rotatable bonds is 3. The van der Waals surface area contributed by atoms with E-state index in [2.05, 4.69) is 12.8 Å². The Morgan fingerprint density at radius 1 is 1.31 bits per heavy atom. The quantitative estimate of drug-likeness (QED) is 0.353. The van der Waals surface area contributed by atoms with Gasteiger partial charge in [-0.25, -0.2) is 4.79 Å². The number of Topliss-reactive ketones (excluding diaryl/α,β-unsaturated/α-hetero) is 1. The van der Waals surface area contributed by atoms with Gasteiger partial charge in [0.1, 0.15) is 11.9 Å².